The number of amides is 1. The average molecular weight is 288 g/mol. The number of aryl methyl sites for hydroxylation is 1. The fourth-order valence-electron chi connectivity index (χ4n) is 3.72. The molecule has 4 nitrogen and oxygen atoms in total. The van der Waals surface area contributed by atoms with Gasteiger partial charge in [-0.15, -0.1) is 0 Å². The standard InChI is InChI=1S/C17H24N2O2/c1-21-10-12(18)8-9-19-17(20)16-14-7-6-11-4-2-3-5-13(11)15(14)16/h2-5,12,14-16H,6-10,18H2,1H3,(H,19,20). The summed E-state index contributed by atoms with van der Waals surface area (Å²) in [4.78, 5) is 12.3. The van der Waals surface area contributed by atoms with Gasteiger partial charge in [0.05, 0.1) is 6.61 Å². The van der Waals surface area contributed by atoms with Crippen LogP contribution in [0.3, 0.4) is 0 Å². The molecular weight excluding hydrogens is 264 g/mol. The molecule has 0 saturated heterocycles. The van der Waals surface area contributed by atoms with E-state index in [1.54, 1.807) is 7.11 Å². The highest BCUT2D eigenvalue weighted by Crippen LogP contribution is 2.59. The molecule has 4 atom stereocenters. The van der Waals surface area contributed by atoms with Crippen molar-refractivity contribution < 1.29 is 9.53 Å². The molecule has 21 heavy (non-hydrogen) atoms. The maximum absolute atomic E-state index is 12.3. The second-order valence-corrected chi connectivity index (χ2v) is 6.25. The first-order valence-corrected chi connectivity index (χ1v) is 7.82. The molecule has 0 heterocycles. The summed E-state index contributed by atoms with van der Waals surface area (Å²) in [5, 5.41) is 3.05. The van der Waals surface area contributed by atoms with Crippen LogP contribution < -0.4 is 11.1 Å². The number of benzene rings is 1. The van der Waals surface area contributed by atoms with Gasteiger partial charge in [-0.1, -0.05) is 24.3 Å². The number of hydrogen-bond acceptors (Lipinski definition) is 3. The Hall–Kier alpha value is -1.39. The molecule has 1 saturated carbocycles. The minimum atomic E-state index is -0.00231. The Kier molecular flexibility index (Phi) is 4.27. The third-order valence-electron chi connectivity index (χ3n) is 4.83. The van der Waals surface area contributed by atoms with E-state index in [2.05, 4.69) is 29.6 Å². The van der Waals surface area contributed by atoms with E-state index >= 15 is 0 Å². The van der Waals surface area contributed by atoms with E-state index in [4.69, 9.17) is 10.5 Å². The van der Waals surface area contributed by atoms with Crippen LogP contribution in [-0.4, -0.2) is 32.2 Å². The molecule has 3 rings (SSSR count). The maximum Gasteiger partial charge on any atom is 0.224 e. The Bertz CT molecular complexity index is 517. The summed E-state index contributed by atoms with van der Waals surface area (Å²) in [6.45, 7) is 1.18. The Balaban J connectivity index is 1.52. The highest BCUT2D eigenvalue weighted by Gasteiger charge is 2.56. The summed E-state index contributed by atoms with van der Waals surface area (Å²) in [5.74, 6) is 1.37. The monoisotopic (exact) mass is 288 g/mol. The highest BCUT2D eigenvalue weighted by atomic mass is 16.5. The Labute approximate surface area is 126 Å². The van der Waals surface area contributed by atoms with Gasteiger partial charge in [-0.05, 0) is 42.2 Å². The highest BCUT2D eigenvalue weighted by molar-refractivity contribution is 5.84. The fraction of sp³-hybridized carbons (Fsp3) is 0.588. The predicted octanol–water partition coefficient (Wildman–Crippen LogP) is 1.44. The molecule has 0 radical (unpaired) electrons. The van der Waals surface area contributed by atoms with Crippen molar-refractivity contribution in [3.8, 4) is 0 Å². The van der Waals surface area contributed by atoms with Crippen molar-refractivity contribution in [2.24, 2.45) is 17.6 Å². The van der Waals surface area contributed by atoms with Crippen LogP contribution >= 0.6 is 0 Å². The van der Waals surface area contributed by atoms with E-state index in [0.29, 0.717) is 25.0 Å². The Morgan fingerprint density at radius 2 is 2.29 bits per heavy atom. The van der Waals surface area contributed by atoms with E-state index in [-0.39, 0.29) is 17.9 Å². The van der Waals surface area contributed by atoms with Crippen molar-refractivity contribution in [2.45, 2.75) is 31.2 Å². The summed E-state index contributed by atoms with van der Waals surface area (Å²) in [5.41, 5.74) is 8.69. The zero-order chi connectivity index (χ0) is 14.8. The molecule has 114 valence electrons. The van der Waals surface area contributed by atoms with Gasteiger partial charge in [0.15, 0.2) is 0 Å². The second-order valence-electron chi connectivity index (χ2n) is 6.25. The molecular formula is C17H24N2O2. The number of carbonyl (C=O) groups excluding carboxylic acids is 1. The number of nitrogens with one attached hydrogen (secondary N) is 1. The van der Waals surface area contributed by atoms with Gasteiger partial charge in [0, 0.05) is 25.6 Å². The summed E-state index contributed by atoms with van der Waals surface area (Å²) >= 11 is 0. The smallest absolute Gasteiger partial charge is 0.224 e. The molecule has 0 aromatic heterocycles. The molecule has 1 amide bonds. The van der Waals surface area contributed by atoms with Crippen LogP contribution in [0.1, 0.15) is 29.9 Å². The number of rotatable bonds is 6. The molecule has 3 N–H and O–H groups in total. The predicted molar refractivity (Wildman–Crippen MR) is 82.0 cm³/mol. The van der Waals surface area contributed by atoms with Crippen molar-refractivity contribution in [3.63, 3.8) is 0 Å². The first-order valence-electron chi connectivity index (χ1n) is 7.82. The number of methoxy groups -OCH3 is 1. The zero-order valence-corrected chi connectivity index (χ0v) is 12.5. The molecule has 4 heteroatoms. The van der Waals surface area contributed by atoms with E-state index in [9.17, 15) is 4.79 Å². The maximum atomic E-state index is 12.3. The van der Waals surface area contributed by atoms with E-state index in [0.717, 1.165) is 19.3 Å². The van der Waals surface area contributed by atoms with Crippen LogP contribution in [0.4, 0.5) is 0 Å². The van der Waals surface area contributed by atoms with Crippen molar-refractivity contribution in [1.29, 1.82) is 0 Å². The first-order chi connectivity index (χ1) is 10.2. The molecule has 2 aliphatic carbocycles. The number of nitrogens with two attached hydrogens (primary N) is 1. The zero-order valence-electron chi connectivity index (χ0n) is 12.5. The van der Waals surface area contributed by atoms with Crippen LogP contribution in [0.25, 0.3) is 0 Å². The van der Waals surface area contributed by atoms with Crippen molar-refractivity contribution in [1.82, 2.24) is 5.32 Å². The molecule has 4 unspecified atom stereocenters. The molecule has 0 aliphatic heterocycles. The van der Waals surface area contributed by atoms with Gasteiger partial charge in [-0.3, -0.25) is 4.79 Å². The quantitative estimate of drug-likeness (QED) is 0.832. The summed E-state index contributed by atoms with van der Waals surface area (Å²) in [7, 11) is 1.64. The fourth-order valence-corrected chi connectivity index (χ4v) is 3.72. The number of carbonyl (C=O) groups is 1. The van der Waals surface area contributed by atoms with Crippen LogP contribution in [0.2, 0.25) is 0 Å². The SMILES string of the molecule is COCC(N)CCNC(=O)C1C2CCc3ccccc3C21. The number of ether oxygens (including phenoxy) is 1. The molecule has 2 aliphatic rings. The van der Waals surface area contributed by atoms with Gasteiger partial charge in [-0.25, -0.2) is 0 Å². The van der Waals surface area contributed by atoms with Crippen LogP contribution in [0.5, 0.6) is 0 Å². The van der Waals surface area contributed by atoms with Gasteiger partial charge < -0.3 is 15.8 Å². The third-order valence-corrected chi connectivity index (χ3v) is 4.83. The normalized spacial score (nSPS) is 27.4. The largest absolute Gasteiger partial charge is 0.383 e. The van der Waals surface area contributed by atoms with Crippen LogP contribution in [-0.2, 0) is 16.0 Å². The van der Waals surface area contributed by atoms with E-state index < -0.39 is 0 Å². The molecule has 1 aromatic rings. The lowest BCUT2D eigenvalue weighted by atomic mass is 9.92. The Morgan fingerprint density at radius 1 is 1.48 bits per heavy atom. The van der Waals surface area contributed by atoms with Crippen molar-refractivity contribution in [3.05, 3.63) is 35.4 Å². The second kappa shape index (κ2) is 6.16. The van der Waals surface area contributed by atoms with Gasteiger partial charge in [-0.2, -0.15) is 0 Å². The summed E-state index contributed by atoms with van der Waals surface area (Å²) in [6, 6.07) is 8.56. The topological polar surface area (TPSA) is 64.3 Å². The van der Waals surface area contributed by atoms with Gasteiger partial charge in [0.25, 0.3) is 0 Å². The third kappa shape index (κ3) is 2.97. The van der Waals surface area contributed by atoms with Gasteiger partial charge in [0.1, 0.15) is 0 Å². The molecule has 0 bridgehead atoms. The van der Waals surface area contributed by atoms with Crippen LogP contribution in [0.15, 0.2) is 24.3 Å². The molecule has 0 spiro atoms. The molecule has 1 fully saturated rings. The first kappa shape index (κ1) is 14.5. The minimum Gasteiger partial charge on any atom is -0.383 e. The van der Waals surface area contributed by atoms with Crippen molar-refractivity contribution >= 4 is 5.91 Å². The van der Waals surface area contributed by atoms with E-state index in [1.165, 1.54) is 11.1 Å². The minimum absolute atomic E-state index is 0.00231. The lowest BCUT2D eigenvalue weighted by Crippen LogP contribution is -2.33. The van der Waals surface area contributed by atoms with E-state index in [1.807, 2.05) is 0 Å². The number of hydrogen-bond donors (Lipinski definition) is 2. The van der Waals surface area contributed by atoms with Gasteiger partial charge >= 0.3 is 0 Å². The van der Waals surface area contributed by atoms with Crippen molar-refractivity contribution in [2.75, 3.05) is 20.3 Å². The van der Waals surface area contributed by atoms with Crippen LogP contribution in [0, 0.1) is 11.8 Å². The average Bonchev–Trinajstić information content (AvgIpc) is 3.22. The lowest BCUT2D eigenvalue weighted by Gasteiger charge is -2.13. The summed E-state index contributed by atoms with van der Waals surface area (Å²) in [6.07, 6.45) is 3.01. The number of fused-ring (bicyclic) bond motifs is 3. The molecule has 1 aromatic carbocycles. The lowest BCUT2D eigenvalue weighted by molar-refractivity contribution is -0.122. The Morgan fingerprint density at radius 3 is 3.10 bits per heavy atom. The summed E-state index contributed by atoms with van der Waals surface area (Å²) < 4.78 is 5.00. The van der Waals surface area contributed by atoms with Gasteiger partial charge in [0.2, 0.25) is 5.91 Å².